The van der Waals surface area contributed by atoms with Gasteiger partial charge in [-0.2, -0.15) is 0 Å². The normalized spacial score (nSPS) is 11.4. The second-order valence-corrected chi connectivity index (χ2v) is 5.21. The van der Waals surface area contributed by atoms with Crippen LogP contribution >= 0.6 is 0 Å². The number of halogens is 1. The monoisotopic (exact) mass is 309 g/mol. The number of methoxy groups -OCH3 is 1. The fourth-order valence-electron chi connectivity index (χ4n) is 2.76. The van der Waals surface area contributed by atoms with Gasteiger partial charge in [0, 0.05) is 5.39 Å². The molecule has 0 amide bonds. The highest BCUT2D eigenvalue weighted by molar-refractivity contribution is 6.06. The number of nitrogens with zero attached hydrogens (tertiary/aromatic N) is 3. The minimum Gasteiger partial charge on any atom is -0.468 e. The largest absolute Gasteiger partial charge is 0.468 e. The van der Waals surface area contributed by atoms with Crippen molar-refractivity contribution in [3.05, 3.63) is 48.3 Å². The summed E-state index contributed by atoms with van der Waals surface area (Å²) in [4.78, 5) is 20.9. The Morgan fingerprint density at radius 1 is 1.17 bits per heavy atom. The van der Waals surface area contributed by atoms with Crippen LogP contribution in [0.5, 0.6) is 0 Å². The van der Waals surface area contributed by atoms with Crippen LogP contribution in [-0.4, -0.2) is 27.6 Å². The number of carbonyl (C=O) groups is 1. The number of hydrogen-bond donors (Lipinski definition) is 0. The number of benzene rings is 2. The van der Waals surface area contributed by atoms with Gasteiger partial charge in [-0.3, -0.25) is 4.79 Å². The summed E-state index contributed by atoms with van der Waals surface area (Å²) in [6.45, 7) is -0.00481. The van der Waals surface area contributed by atoms with Gasteiger partial charge in [-0.15, -0.1) is 0 Å². The zero-order chi connectivity index (χ0) is 16.0. The van der Waals surface area contributed by atoms with Gasteiger partial charge in [0.15, 0.2) is 5.65 Å². The molecule has 114 valence electrons. The third-order valence-corrected chi connectivity index (χ3v) is 3.83. The molecule has 2 heterocycles. The third-order valence-electron chi connectivity index (χ3n) is 3.83. The Morgan fingerprint density at radius 2 is 1.91 bits per heavy atom. The fraction of sp³-hybridized carbons (Fsp3) is 0.118. The predicted molar refractivity (Wildman–Crippen MR) is 84.5 cm³/mol. The van der Waals surface area contributed by atoms with Gasteiger partial charge in [0.05, 0.1) is 23.7 Å². The molecular formula is C17H12FN3O2. The molecule has 4 rings (SSSR count). The van der Waals surface area contributed by atoms with Crippen molar-refractivity contribution in [2.45, 2.75) is 6.54 Å². The van der Waals surface area contributed by atoms with Gasteiger partial charge < -0.3 is 9.30 Å². The topological polar surface area (TPSA) is 57.0 Å². The molecule has 2 aromatic heterocycles. The Morgan fingerprint density at radius 3 is 2.65 bits per heavy atom. The fourth-order valence-corrected chi connectivity index (χ4v) is 2.76. The van der Waals surface area contributed by atoms with Crippen LogP contribution in [0.2, 0.25) is 0 Å². The molecule has 0 saturated carbocycles. The zero-order valence-corrected chi connectivity index (χ0v) is 12.3. The number of hydrogen-bond acceptors (Lipinski definition) is 4. The SMILES string of the molecule is COC(=O)Cn1c2ccc(F)cc2c2nc3ccccc3nc21. The van der Waals surface area contributed by atoms with Crippen LogP contribution in [0.4, 0.5) is 4.39 Å². The van der Waals surface area contributed by atoms with E-state index in [0.717, 1.165) is 11.0 Å². The molecule has 6 heteroatoms. The molecule has 23 heavy (non-hydrogen) atoms. The van der Waals surface area contributed by atoms with Gasteiger partial charge in [0.25, 0.3) is 0 Å². The first-order chi connectivity index (χ1) is 11.2. The molecule has 0 spiro atoms. The zero-order valence-electron chi connectivity index (χ0n) is 12.3. The molecule has 5 nitrogen and oxygen atoms in total. The number of aromatic nitrogens is 3. The Bertz CT molecular complexity index is 1070. The lowest BCUT2D eigenvalue weighted by atomic mass is 10.2. The molecule has 4 aromatic rings. The van der Waals surface area contributed by atoms with E-state index in [1.807, 2.05) is 24.3 Å². The molecular weight excluding hydrogens is 297 g/mol. The maximum absolute atomic E-state index is 13.7. The van der Waals surface area contributed by atoms with Crippen molar-refractivity contribution in [2.75, 3.05) is 7.11 Å². The number of fused-ring (bicyclic) bond motifs is 4. The molecule has 0 aliphatic rings. The molecule has 0 unspecified atom stereocenters. The second kappa shape index (κ2) is 5.01. The molecule has 2 aromatic carbocycles. The van der Waals surface area contributed by atoms with Crippen LogP contribution in [0.1, 0.15) is 0 Å². The van der Waals surface area contributed by atoms with E-state index in [1.165, 1.54) is 19.2 Å². The van der Waals surface area contributed by atoms with E-state index >= 15 is 0 Å². The van der Waals surface area contributed by atoms with E-state index in [0.29, 0.717) is 22.1 Å². The highest BCUT2D eigenvalue weighted by Crippen LogP contribution is 2.28. The smallest absolute Gasteiger partial charge is 0.325 e. The molecule has 0 saturated heterocycles. The molecule has 0 N–H and O–H groups in total. The highest BCUT2D eigenvalue weighted by Gasteiger charge is 2.17. The summed E-state index contributed by atoms with van der Waals surface area (Å²) in [7, 11) is 1.33. The first-order valence-electron chi connectivity index (χ1n) is 7.08. The maximum Gasteiger partial charge on any atom is 0.325 e. The minimum atomic E-state index is -0.400. The molecule has 0 aliphatic carbocycles. The Labute approximate surface area is 130 Å². The van der Waals surface area contributed by atoms with Gasteiger partial charge in [-0.25, -0.2) is 14.4 Å². The first-order valence-corrected chi connectivity index (χ1v) is 7.08. The summed E-state index contributed by atoms with van der Waals surface area (Å²) < 4.78 is 20.1. The van der Waals surface area contributed by atoms with Crippen LogP contribution in [0.25, 0.3) is 33.1 Å². The summed E-state index contributed by atoms with van der Waals surface area (Å²) in [6, 6.07) is 11.8. The van der Waals surface area contributed by atoms with Crippen molar-refractivity contribution in [1.29, 1.82) is 0 Å². The van der Waals surface area contributed by atoms with Gasteiger partial charge in [0.2, 0.25) is 0 Å². The first kappa shape index (κ1) is 13.6. The standard InChI is InChI=1S/C17H12FN3O2/c1-23-15(22)9-21-14-7-6-10(18)8-11(14)16-17(21)20-13-5-3-2-4-12(13)19-16/h2-8H,9H2,1H3. The third kappa shape index (κ3) is 2.11. The van der Waals surface area contributed by atoms with Crippen LogP contribution in [0, 0.1) is 5.82 Å². The maximum atomic E-state index is 13.7. The quantitative estimate of drug-likeness (QED) is 0.534. The van der Waals surface area contributed by atoms with Gasteiger partial charge in [-0.05, 0) is 30.3 Å². The lowest BCUT2D eigenvalue weighted by molar-refractivity contribution is -0.141. The summed E-state index contributed by atoms with van der Waals surface area (Å²) in [5, 5.41) is 0.627. The Kier molecular flexibility index (Phi) is 2.97. The van der Waals surface area contributed by atoms with E-state index in [1.54, 1.807) is 10.6 Å². The average Bonchev–Trinajstić information content (AvgIpc) is 2.85. The van der Waals surface area contributed by atoms with Crippen molar-refractivity contribution >= 4 is 39.1 Å². The highest BCUT2D eigenvalue weighted by atomic mass is 19.1. The number of esters is 1. The Balaban J connectivity index is 2.14. The number of rotatable bonds is 2. The number of carbonyl (C=O) groups excluding carboxylic acids is 1. The van der Waals surface area contributed by atoms with E-state index in [2.05, 4.69) is 9.97 Å². The Hall–Kier alpha value is -3.02. The van der Waals surface area contributed by atoms with E-state index < -0.39 is 5.97 Å². The lowest BCUT2D eigenvalue weighted by Crippen LogP contribution is -2.11. The summed E-state index contributed by atoms with van der Waals surface area (Å²) in [5.74, 6) is -0.757. The van der Waals surface area contributed by atoms with Gasteiger partial charge in [0.1, 0.15) is 17.9 Å². The van der Waals surface area contributed by atoms with Crippen LogP contribution in [-0.2, 0) is 16.1 Å². The van der Waals surface area contributed by atoms with E-state index in [9.17, 15) is 9.18 Å². The molecule has 0 fully saturated rings. The van der Waals surface area contributed by atoms with Gasteiger partial charge in [-0.1, -0.05) is 12.1 Å². The molecule has 0 radical (unpaired) electrons. The van der Waals surface area contributed by atoms with Crippen molar-refractivity contribution in [3.63, 3.8) is 0 Å². The van der Waals surface area contributed by atoms with Crippen LogP contribution in [0.15, 0.2) is 42.5 Å². The summed E-state index contributed by atoms with van der Waals surface area (Å²) in [6.07, 6.45) is 0. The number of para-hydroxylation sites is 2. The van der Waals surface area contributed by atoms with Crippen LogP contribution < -0.4 is 0 Å². The minimum absolute atomic E-state index is 0.00481. The molecule has 0 atom stereocenters. The summed E-state index contributed by atoms with van der Waals surface area (Å²) >= 11 is 0. The van der Waals surface area contributed by atoms with Crippen molar-refractivity contribution in [3.8, 4) is 0 Å². The number of ether oxygens (including phenoxy) is 1. The van der Waals surface area contributed by atoms with Crippen molar-refractivity contribution < 1.29 is 13.9 Å². The van der Waals surface area contributed by atoms with E-state index in [4.69, 9.17) is 4.74 Å². The second-order valence-electron chi connectivity index (χ2n) is 5.21. The molecule has 0 bridgehead atoms. The van der Waals surface area contributed by atoms with Crippen molar-refractivity contribution in [2.24, 2.45) is 0 Å². The van der Waals surface area contributed by atoms with E-state index in [-0.39, 0.29) is 12.4 Å². The lowest BCUT2D eigenvalue weighted by Gasteiger charge is -2.05. The van der Waals surface area contributed by atoms with Gasteiger partial charge >= 0.3 is 5.97 Å². The molecule has 0 aliphatic heterocycles. The average molecular weight is 309 g/mol. The van der Waals surface area contributed by atoms with Crippen LogP contribution in [0.3, 0.4) is 0 Å². The predicted octanol–water partition coefficient (Wildman–Crippen LogP) is 3.05. The van der Waals surface area contributed by atoms with Crippen molar-refractivity contribution in [1.82, 2.24) is 14.5 Å². The summed E-state index contributed by atoms with van der Waals surface area (Å²) in [5.41, 5.74) is 3.25.